The van der Waals surface area contributed by atoms with Crippen molar-refractivity contribution in [2.75, 3.05) is 20.3 Å². The number of methoxy groups -OCH3 is 1. The molecule has 0 bridgehead atoms. The third-order valence-electron chi connectivity index (χ3n) is 2.67. The molecule has 116 valence electrons. The van der Waals surface area contributed by atoms with E-state index >= 15 is 0 Å². The Balaban J connectivity index is 2.63. The minimum atomic E-state index is -1.09. The van der Waals surface area contributed by atoms with E-state index in [1.54, 1.807) is 26.2 Å². The topological polar surface area (TPSA) is 84.9 Å². The van der Waals surface area contributed by atoms with E-state index in [1.165, 1.54) is 6.07 Å². The molecule has 1 amide bonds. The van der Waals surface area contributed by atoms with Gasteiger partial charge in [0.2, 0.25) is 0 Å². The Morgan fingerprint density at radius 1 is 1.43 bits per heavy atom. The zero-order chi connectivity index (χ0) is 15.8. The van der Waals surface area contributed by atoms with Gasteiger partial charge in [-0.1, -0.05) is 0 Å². The molecule has 0 heterocycles. The highest BCUT2D eigenvalue weighted by Gasteiger charge is 2.18. The lowest BCUT2D eigenvalue weighted by Crippen LogP contribution is -2.37. The van der Waals surface area contributed by atoms with E-state index in [2.05, 4.69) is 5.32 Å². The summed E-state index contributed by atoms with van der Waals surface area (Å²) in [5, 5.41) is 11.8. The molecule has 1 aromatic carbocycles. The molecule has 0 aromatic heterocycles. The van der Waals surface area contributed by atoms with Crippen molar-refractivity contribution in [3.05, 3.63) is 27.3 Å². The Kier molecular flexibility index (Phi) is 7.44. The van der Waals surface area contributed by atoms with Crippen LogP contribution in [0.2, 0.25) is 0 Å². The first-order valence-corrected chi connectivity index (χ1v) is 7.49. The summed E-state index contributed by atoms with van der Waals surface area (Å²) in [5.74, 6) is -1.19. The molecule has 1 atom stereocenters. The summed E-state index contributed by atoms with van der Waals surface area (Å²) < 4.78 is 11.1. The van der Waals surface area contributed by atoms with Crippen molar-refractivity contribution >= 4 is 34.5 Å². The predicted molar refractivity (Wildman–Crippen MR) is 85.7 cm³/mol. The lowest BCUT2D eigenvalue weighted by atomic mass is 10.2. The van der Waals surface area contributed by atoms with Gasteiger partial charge in [-0.25, -0.2) is 4.79 Å². The molecule has 1 aromatic rings. The first-order valence-electron chi connectivity index (χ1n) is 6.42. The smallest absolute Gasteiger partial charge is 0.339 e. The van der Waals surface area contributed by atoms with Gasteiger partial charge in [0.1, 0.15) is 11.3 Å². The molecule has 1 rings (SSSR count). The number of carboxylic acids is 1. The summed E-state index contributed by atoms with van der Waals surface area (Å²) in [6.07, 6.45) is -0.0653. The Hall–Kier alpha value is -1.35. The van der Waals surface area contributed by atoms with Gasteiger partial charge in [0.25, 0.3) is 5.91 Å². The lowest BCUT2D eigenvalue weighted by molar-refractivity contribution is -0.127. The summed E-state index contributed by atoms with van der Waals surface area (Å²) >= 11 is 2.02. The van der Waals surface area contributed by atoms with Crippen molar-refractivity contribution in [2.24, 2.45) is 0 Å². The van der Waals surface area contributed by atoms with Gasteiger partial charge in [-0.2, -0.15) is 0 Å². The van der Waals surface area contributed by atoms with Gasteiger partial charge in [-0.15, -0.1) is 0 Å². The largest absolute Gasteiger partial charge is 0.480 e. The Morgan fingerprint density at radius 3 is 2.76 bits per heavy atom. The van der Waals surface area contributed by atoms with Crippen molar-refractivity contribution in [1.82, 2.24) is 5.32 Å². The number of carbonyl (C=O) groups is 2. The van der Waals surface area contributed by atoms with Crippen LogP contribution in [0.25, 0.3) is 0 Å². The van der Waals surface area contributed by atoms with E-state index in [1.807, 2.05) is 22.6 Å². The molecule has 0 aliphatic rings. The number of benzene rings is 1. The van der Waals surface area contributed by atoms with Gasteiger partial charge in [-0.3, -0.25) is 4.79 Å². The average Bonchev–Trinajstić information content (AvgIpc) is 2.44. The number of hydrogen-bond donors (Lipinski definition) is 2. The fourth-order valence-electron chi connectivity index (χ4n) is 1.59. The van der Waals surface area contributed by atoms with Gasteiger partial charge in [-0.05, 0) is 54.1 Å². The van der Waals surface area contributed by atoms with Crippen molar-refractivity contribution in [3.63, 3.8) is 0 Å². The maximum atomic E-state index is 11.8. The fourth-order valence-corrected chi connectivity index (χ4v) is 2.08. The second-order valence-electron chi connectivity index (χ2n) is 4.34. The van der Waals surface area contributed by atoms with E-state index in [9.17, 15) is 9.59 Å². The van der Waals surface area contributed by atoms with Crippen LogP contribution in [0.4, 0.5) is 0 Å². The number of hydrogen-bond acceptors (Lipinski definition) is 4. The van der Waals surface area contributed by atoms with Crippen molar-refractivity contribution in [3.8, 4) is 5.75 Å². The van der Waals surface area contributed by atoms with Gasteiger partial charge in [0.05, 0.1) is 0 Å². The molecule has 0 aliphatic carbocycles. The predicted octanol–water partition coefficient (Wildman–Crippen LogP) is 1.91. The molecule has 0 spiro atoms. The van der Waals surface area contributed by atoms with Crippen molar-refractivity contribution in [2.45, 2.75) is 19.4 Å². The quantitative estimate of drug-likeness (QED) is 0.508. The van der Waals surface area contributed by atoms with Crippen LogP contribution in [-0.2, 0) is 9.53 Å². The summed E-state index contributed by atoms with van der Waals surface area (Å²) in [6, 6.07) is 4.78. The van der Waals surface area contributed by atoms with E-state index in [4.69, 9.17) is 14.6 Å². The number of amides is 1. The SMILES string of the molecule is COCCCNC(=O)C(C)Oc1ccc(I)cc1C(=O)O. The van der Waals surface area contributed by atoms with E-state index < -0.39 is 12.1 Å². The number of halogens is 1. The summed E-state index contributed by atoms with van der Waals surface area (Å²) in [4.78, 5) is 23.0. The van der Waals surface area contributed by atoms with Crippen LogP contribution in [0, 0.1) is 3.57 Å². The molecule has 0 saturated carbocycles. The van der Waals surface area contributed by atoms with Crippen LogP contribution < -0.4 is 10.1 Å². The molecule has 6 nitrogen and oxygen atoms in total. The maximum Gasteiger partial charge on any atom is 0.339 e. The lowest BCUT2D eigenvalue weighted by Gasteiger charge is -2.16. The van der Waals surface area contributed by atoms with Crippen LogP contribution in [0.3, 0.4) is 0 Å². The highest BCUT2D eigenvalue weighted by atomic mass is 127. The summed E-state index contributed by atoms with van der Waals surface area (Å²) in [6.45, 7) is 2.63. The normalized spacial score (nSPS) is 11.8. The molecule has 2 N–H and O–H groups in total. The van der Waals surface area contributed by atoms with Crippen molar-refractivity contribution < 1.29 is 24.2 Å². The molecule has 0 radical (unpaired) electrons. The first kappa shape index (κ1) is 17.7. The van der Waals surface area contributed by atoms with Gasteiger partial charge in [0.15, 0.2) is 6.10 Å². The zero-order valence-corrected chi connectivity index (χ0v) is 14.0. The van der Waals surface area contributed by atoms with Crippen LogP contribution in [0.5, 0.6) is 5.75 Å². The van der Waals surface area contributed by atoms with Crippen molar-refractivity contribution in [1.29, 1.82) is 0 Å². The minimum absolute atomic E-state index is 0.0425. The van der Waals surface area contributed by atoms with Gasteiger partial charge < -0.3 is 19.9 Å². The molecule has 0 saturated heterocycles. The summed E-state index contributed by atoms with van der Waals surface area (Å²) in [5.41, 5.74) is 0.0425. The minimum Gasteiger partial charge on any atom is -0.480 e. The fraction of sp³-hybridized carbons (Fsp3) is 0.429. The number of rotatable bonds is 8. The summed E-state index contributed by atoms with van der Waals surface area (Å²) in [7, 11) is 1.60. The molecule has 7 heteroatoms. The third kappa shape index (κ3) is 5.88. The Bertz CT molecular complexity index is 506. The number of aromatic carboxylic acids is 1. The van der Waals surface area contributed by atoms with Crippen LogP contribution in [0.15, 0.2) is 18.2 Å². The second kappa shape index (κ2) is 8.83. The van der Waals surface area contributed by atoms with E-state index in [0.29, 0.717) is 19.6 Å². The van der Waals surface area contributed by atoms with Crippen LogP contribution >= 0.6 is 22.6 Å². The van der Waals surface area contributed by atoms with Gasteiger partial charge in [0, 0.05) is 23.8 Å². The Morgan fingerprint density at radius 2 is 2.14 bits per heavy atom. The molecular formula is C14H18INO5. The Labute approximate surface area is 137 Å². The number of carboxylic acid groups (broad SMARTS) is 1. The van der Waals surface area contributed by atoms with Gasteiger partial charge >= 0.3 is 5.97 Å². The maximum absolute atomic E-state index is 11.8. The number of carbonyl (C=O) groups excluding carboxylic acids is 1. The van der Waals surface area contributed by atoms with Crippen LogP contribution in [0.1, 0.15) is 23.7 Å². The monoisotopic (exact) mass is 407 g/mol. The second-order valence-corrected chi connectivity index (χ2v) is 5.59. The van der Waals surface area contributed by atoms with E-state index in [0.717, 1.165) is 3.57 Å². The number of nitrogens with one attached hydrogen (secondary N) is 1. The molecule has 0 fully saturated rings. The standard InChI is InChI=1S/C14H18INO5/c1-9(13(17)16-6-3-7-20-2)21-12-5-4-10(15)8-11(12)14(18)19/h4-5,8-9H,3,6-7H2,1-2H3,(H,16,17)(H,18,19). The third-order valence-corrected chi connectivity index (χ3v) is 3.34. The number of ether oxygens (including phenoxy) is 2. The highest BCUT2D eigenvalue weighted by molar-refractivity contribution is 14.1. The highest BCUT2D eigenvalue weighted by Crippen LogP contribution is 2.22. The zero-order valence-electron chi connectivity index (χ0n) is 11.9. The molecule has 21 heavy (non-hydrogen) atoms. The average molecular weight is 407 g/mol. The molecule has 0 aliphatic heterocycles. The van der Waals surface area contributed by atoms with Crippen LogP contribution in [-0.4, -0.2) is 43.3 Å². The molecular weight excluding hydrogens is 389 g/mol. The van der Waals surface area contributed by atoms with E-state index in [-0.39, 0.29) is 17.2 Å². The molecule has 1 unspecified atom stereocenters. The first-order chi connectivity index (χ1) is 9.95.